The average Bonchev–Trinajstić information content (AvgIpc) is 3.05. The van der Waals surface area contributed by atoms with Gasteiger partial charge < -0.3 is 14.7 Å². The minimum Gasteiger partial charge on any atom is -0.387 e. The number of rotatable bonds is 4. The third-order valence-corrected chi connectivity index (χ3v) is 5.76. The predicted molar refractivity (Wildman–Crippen MR) is 82.2 cm³/mol. The van der Waals surface area contributed by atoms with Gasteiger partial charge in [-0.1, -0.05) is 6.07 Å². The number of nitrogens with one attached hydrogen (secondary N) is 1. The first-order valence-corrected chi connectivity index (χ1v) is 9.08. The fourth-order valence-electron chi connectivity index (χ4n) is 2.92. The molecular weight excluding hydrogens is 320 g/mol. The number of carbonyl (C=O) groups is 1. The summed E-state index contributed by atoms with van der Waals surface area (Å²) in [7, 11) is -3.56. The summed E-state index contributed by atoms with van der Waals surface area (Å²) in [6, 6.07) is 4.80. The van der Waals surface area contributed by atoms with Crippen LogP contribution in [0.25, 0.3) is 0 Å². The van der Waals surface area contributed by atoms with Crippen molar-refractivity contribution in [1.29, 1.82) is 0 Å². The summed E-state index contributed by atoms with van der Waals surface area (Å²) < 4.78 is 32.7. The van der Waals surface area contributed by atoms with Gasteiger partial charge in [0.15, 0.2) is 0 Å². The van der Waals surface area contributed by atoms with Crippen molar-refractivity contribution in [2.45, 2.75) is 30.3 Å². The molecule has 1 aromatic rings. The largest absolute Gasteiger partial charge is 0.387 e. The summed E-state index contributed by atoms with van der Waals surface area (Å²) in [5.41, 5.74) is 1.85. The Balaban J connectivity index is 1.77. The van der Waals surface area contributed by atoms with Crippen LogP contribution in [0, 0.1) is 0 Å². The highest BCUT2D eigenvalue weighted by molar-refractivity contribution is 7.89. The number of amides is 1. The second kappa shape index (κ2) is 6.56. The molecule has 3 rings (SSSR count). The number of fused-ring (bicyclic) bond motifs is 1. The van der Waals surface area contributed by atoms with Crippen LogP contribution in [0.5, 0.6) is 0 Å². The van der Waals surface area contributed by atoms with Crippen molar-refractivity contribution in [3.63, 3.8) is 0 Å². The first-order chi connectivity index (χ1) is 11.0. The van der Waals surface area contributed by atoms with Gasteiger partial charge in [-0.05, 0) is 36.1 Å². The van der Waals surface area contributed by atoms with E-state index in [-0.39, 0.29) is 16.8 Å². The summed E-state index contributed by atoms with van der Waals surface area (Å²) in [6.07, 6.45) is 1.26. The smallest absolute Gasteiger partial charge is 0.248 e. The van der Waals surface area contributed by atoms with Crippen molar-refractivity contribution in [2.24, 2.45) is 0 Å². The third kappa shape index (κ3) is 3.55. The fraction of sp³-hybridized carbons (Fsp3) is 0.533. The SMILES string of the molecule is O=C(CO)N1CCc2cc(S(=O)(=O)N[C@H]3CCOC3)ccc2C1. The van der Waals surface area contributed by atoms with E-state index >= 15 is 0 Å². The maximum Gasteiger partial charge on any atom is 0.248 e. The molecule has 8 heteroatoms. The first kappa shape index (κ1) is 16.4. The van der Waals surface area contributed by atoms with Crippen molar-refractivity contribution < 1.29 is 23.1 Å². The topological polar surface area (TPSA) is 95.9 Å². The molecule has 2 aliphatic heterocycles. The Morgan fingerprint density at radius 3 is 2.91 bits per heavy atom. The lowest BCUT2D eigenvalue weighted by atomic mass is 10.00. The van der Waals surface area contributed by atoms with Crippen molar-refractivity contribution in [1.82, 2.24) is 9.62 Å². The highest BCUT2D eigenvalue weighted by Crippen LogP contribution is 2.23. The van der Waals surface area contributed by atoms with E-state index in [9.17, 15) is 13.2 Å². The van der Waals surface area contributed by atoms with E-state index < -0.39 is 16.6 Å². The van der Waals surface area contributed by atoms with Crippen LogP contribution in [0.15, 0.2) is 23.1 Å². The van der Waals surface area contributed by atoms with Gasteiger partial charge in [-0.2, -0.15) is 0 Å². The van der Waals surface area contributed by atoms with Gasteiger partial charge in [-0.3, -0.25) is 4.79 Å². The second-order valence-electron chi connectivity index (χ2n) is 5.84. The molecule has 0 unspecified atom stereocenters. The minimum absolute atomic E-state index is 0.173. The number of nitrogens with zero attached hydrogens (tertiary/aromatic N) is 1. The van der Waals surface area contributed by atoms with Gasteiger partial charge >= 0.3 is 0 Å². The molecule has 1 atom stereocenters. The maximum atomic E-state index is 12.4. The Labute approximate surface area is 135 Å². The molecule has 2 N–H and O–H groups in total. The molecule has 0 aliphatic carbocycles. The van der Waals surface area contributed by atoms with Gasteiger partial charge in [0, 0.05) is 25.7 Å². The molecule has 0 bridgehead atoms. The van der Waals surface area contributed by atoms with Crippen LogP contribution in [0.3, 0.4) is 0 Å². The second-order valence-corrected chi connectivity index (χ2v) is 7.55. The van der Waals surface area contributed by atoms with Gasteiger partial charge in [-0.15, -0.1) is 0 Å². The zero-order chi connectivity index (χ0) is 16.4. The number of hydrogen-bond acceptors (Lipinski definition) is 5. The Hall–Kier alpha value is -1.48. The van der Waals surface area contributed by atoms with Gasteiger partial charge in [-0.25, -0.2) is 13.1 Å². The molecule has 1 fully saturated rings. The summed E-state index contributed by atoms with van der Waals surface area (Å²) in [6.45, 7) is 1.36. The van der Waals surface area contributed by atoms with Crippen LogP contribution in [0.4, 0.5) is 0 Å². The number of hydrogen-bond donors (Lipinski definition) is 2. The molecule has 0 saturated carbocycles. The highest BCUT2D eigenvalue weighted by atomic mass is 32.2. The van der Waals surface area contributed by atoms with Crippen LogP contribution in [-0.2, 0) is 32.5 Å². The number of aliphatic hydroxyl groups is 1. The third-order valence-electron chi connectivity index (χ3n) is 4.24. The monoisotopic (exact) mass is 340 g/mol. The quantitative estimate of drug-likeness (QED) is 0.780. The van der Waals surface area contributed by atoms with Crippen molar-refractivity contribution in [2.75, 3.05) is 26.4 Å². The average molecular weight is 340 g/mol. The lowest BCUT2D eigenvalue weighted by molar-refractivity contribution is -0.135. The molecule has 7 nitrogen and oxygen atoms in total. The number of sulfonamides is 1. The van der Waals surface area contributed by atoms with Gasteiger partial charge in [0.1, 0.15) is 6.61 Å². The predicted octanol–water partition coefficient (Wildman–Crippen LogP) is -0.369. The van der Waals surface area contributed by atoms with E-state index in [1.807, 2.05) is 0 Å². The van der Waals surface area contributed by atoms with Crippen molar-refractivity contribution in [3.05, 3.63) is 29.3 Å². The molecule has 0 spiro atoms. The van der Waals surface area contributed by atoms with Crippen LogP contribution in [-0.4, -0.2) is 56.7 Å². The molecule has 0 radical (unpaired) electrons. The molecule has 1 aromatic carbocycles. The first-order valence-electron chi connectivity index (χ1n) is 7.60. The normalized spacial score (nSPS) is 21.3. The van der Waals surface area contributed by atoms with E-state index in [1.165, 1.54) is 0 Å². The molecule has 23 heavy (non-hydrogen) atoms. The van der Waals surface area contributed by atoms with E-state index in [1.54, 1.807) is 23.1 Å². The summed E-state index contributed by atoms with van der Waals surface area (Å²) in [5, 5.41) is 8.93. The number of ether oxygens (including phenoxy) is 1. The lowest BCUT2D eigenvalue weighted by Gasteiger charge is -2.28. The minimum atomic E-state index is -3.56. The molecule has 126 valence electrons. The summed E-state index contributed by atoms with van der Waals surface area (Å²) in [5.74, 6) is -0.310. The van der Waals surface area contributed by atoms with Crippen molar-refractivity contribution >= 4 is 15.9 Å². The van der Waals surface area contributed by atoms with E-state index in [0.29, 0.717) is 39.1 Å². The zero-order valence-corrected chi connectivity index (χ0v) is 13.5. The van der Waals surface area contributed by atoms with Crippen LogP contribution < -0.4 is 4.72 Å². The lowest BCUT2D eigenvalue weighted by Crippen LogP contribution is -2.38. The van der Waals surface area contributed by atoms with Crippen LogP contribution in [0.1, 0.15) is 17.5 Å². The molecule has 0 aromatic heterocycles. The molecule has 2 heterocycles. The van der Waals surface area contributed by atoms with Gasteiger partial charge in [0.25, 0.3) is 0 Å². The Morgan fingerprint density at radius 1 is 1.39 bits per heavy atom. The van der Waals surface area contributed by atoms with E-state index in [2.05, 4.69) is 4.72 Å². The number of carbonyl (C=O) groups excluding carboxylic acids is 1. The Bertz CT molecular complexity index is 698. The number of aliphatic hydroxyl groups excluding tert-OH is 1. The van der Waals surface area contributed by atoms with Crippen molar-refractivity contribution in [3.8, 4) is 0 Å². The molecular formula is C15H20N2O5S. The summed E-state index contributed by atoms with van der Waals surface area (Å²) in [4.78, 5) is 13.4. The maximum absolute atomic E-state index is 12.4. The van der Waals surface area contributed by atoms with Gasteiger partial charge in [0.2, 0.25) is 15.9 Å². The Kier molecular flexibility index (Phi) is 4.67. The fourth-order valence-corrected chi connectivity index (χ4v) is 4.23. The van der Waals surface area contributed by atoms with E-state index in [0.717, 1.165) is 11.1 Å². The van der Waals surface area contributed by atoms with Crippen LogP contribution in [0.2, 0.25) is 0 Å². The summed E-state index contributed by atoms with van der Waals surface area (Å²) >= 11 is 0. The zero-order valence-electron chi connectivity index (χ0n) is 12.7. The highest BCUT2D eigenvalue weighted by Gasteiger charge is 2.26. The van der Waals surface area contributed by atoms with Gasteiger partial charge in [0.05, 0.1) is 11.5 Å². The molecule has 1 amide bonds. The molecule has 2 aliphatic rings. The van der Waals surface area contributed by atoms with Crippen LogP contribution >= 0.6 is 0 Å². The molecule has 1 saturated heterocycles. The Morgan fingerprint density at radius 2 is 2.22 bits per heavy atom. The standard InChI is InChI=1S/C15H20N2O5S/c18-9-15(19)17-5-3-11-7-14(2-1-12(11)8-17)23(20,21)16-13-4-6-22-10-13/h1-2,7,13,16,18H,3-6,8-10H2/t13-/m0/s1. The van der Waals surface area contributed by atoms with E-state index in [4.69, 9.17) is 9.84 Å². The number of benzene rings is 1.